The van der Waals surface area contributed by atoms with Crippen molar-refractivity contribution in [2.45, 2.75) is 37.5 Å². The van der Waals surface area contributed by atoms with Crippen molar-refractivity contribution in [1.82, 2.24) is 10.2 Å². The Morgan fingerprint density at radius 2 is 2.11 bits per heavy atom. The van der Waals surface area contributed by atoms with Crippen LogP contribution in [0.4, 0.5) is 0 Å². The molecule has 2 aliphatic rings. The lowest BCUT2D eigenvalue weighted by atomic mass is 9.90. The molecule has 19 heavy (non-hydrogen) atoms. The molecule has 5 heteroatoms. The van der Waals surface area contributed by atoms with Crippen LogP contribution in [-0.4, -0.2) is 60.7 Å². The molecule has 0 aromatic heterocycles. The van der Waals surface area contributed by atoms with Crippen LogP contribution < -0.4 is 5.32 Å². The second kappa shape index (κ2) is 6.46. The molecule has 1 atom stereocenters. The highest BCUT2D eigenvalue weighted by Gasteiger charge is 2.43. The van der Waals surface area contributed by atoms with Crippen molar-refractivity contribution in [1.29, 1.82) is 0 Å². The fourth-order valence-corrected chi connectivity index (χ4v) is 4.19. The van der Waals surface area contributed by atoms with Crippen molar-refractivity contribution >= 4 is 17.7 Å². The Hall–Kier alpha value is -0.260. The van der Waals surface area contributed by atoms with E-state index in [0.717, 1.165) is 44.8 Å². The molecule has 2 rings (SSSR count). The summed E-state index contributed by atoms with van der Waals surface area (Å²) in [4.78, 5) is 14.9. The maximum Gasteiger partial charge on any atom is 0.254 e. The Balaban J connectivity index is 2.04. The number of nitrogens with one attached hydrogen (secondary N) is 1. The second-order valence-electron chi connectivity index (χ2n) is 5.85. The molecule has 0 bridgehead atoms. The molecule has 0 aromatic rings. The van der Waals surface area contributed by atoms with Gasteiger partial charge in [-0.3, -0.25) is 4.79 Å². The average Bonchev–Trinajstić information content (AvgIpc) is 2.47. The topological polar surface area (TPSA) is 41.6 Å². The second-order valence-corrected chi connectivity index (χ2v) is 7.20. The molecule has 1 amide bonds. The lowest BCUT2D eigenvalue weighted by molar-refractivity contribution is -0.158. The number of carbonyl (C=O) groups excluding carboxylic acids is 1. The summed E-state index contributed by atoms with van der Waals surface area (Å²) in [5.74, 6) is 1.88. The first-order valence-corrected chi connectivity index (χ1v) is 8.31. The summed E-state index contributed by atoms with van der Waals surface area (Å²) in [5.41, 5.74) is -0.575. The number of rotatable bonds is 3. The van der Waals surface area contributed by atoms with Crippen molar-refractivity contribution in [2.24, 2.45) is 5.92 Å². The van der Waals surface area contributed by atoms with E-state index in [2.05, 4.69) is 19.2 Å². The van der Waals surface area contributed by atoms with Crippen LogP contribution in [0.15, 0.2) is 0 Å². The van der Waals surface area contributed by atoms with Gasteiger partial charge in [0.05, 0.1) is 0 Å². The minimum Gasteiger partial charge on any atom is -0.368 e. The van der Waals surface area contributed by atoms with E-state index in [9.17, 15) is 4.79 Å². The molecule has 2 heterocycles. The van der Waals surface area contributed by atoms with E-state index in [0.29, 0.717) is 11.2 Å². The summed E-state index contributed by atoms with van der Waals surface area (Å²) in [5, 5.41) is 3.87. The van der Waals surface area contributed by atoms with Crippen LogP contribution in [-0.2, 0) is 9.53 Å². The van der Waals surface area contributed by atoms with Gasteiger partial charge in [0.25, 0.3) is 5.91 Å². The Bertz CT molecular complexity index is 317. The van der Waals surface area contributed by atoms with E-state index in [1.807, 2.05) is 16.7 Å². The lowest BCUT2D eigenvalue weighted by Crippen LogP contribution is -2.57. The zero-order valence-corrected chi connectivity index (χ0v) is 13.1. The van der Waals surface area contributed by atoms with Crippen molar-refractivity contribution < 1.29 is 9.53 Å². The molecule has 1 N–H and O–H groups in total. The van der Waals surface area contributed by atoms with Gasteiger partial charge in [0.2, 0.25) is 0 Å². The van der Waals surface area contributed by atoms with Crippen LogP contribution in [0.1, 0.15) is 26.7 Å². The normalized spacial score (nSPS) is 27.6. The number of carbonyl (C=O) groups is 1. The molecule has 0 saturated carbocycles. The lowest BCUT2D eigenvalue weighted by Gasteiger charge is -2.42. The standard InChI is InChI=1S/C14H26N2O2S/c1-11(2)12-10-16(8-9-19-12)13(17)14(18-3)4-6-15-7-5-14/h11-12,15H,4-10H2,1-3H3. The molecule has 0 radical (unpaired) electrons. The molecule has 110 valence electrons. The van der Waals surface area contributed by atoms with E-state index in [4.69, 9.17) is 4.74 Å². The first-order chi connectivity index (χ1) is 9.09. The molecule has 0 aliphatic carbocycles. The summed E-state index contributed by atoms with van der Waals surface area (Å²) in [6, 6.07) is 0. The van der Waals surface area contributed by atoms with Crippen molar-refractivity contribution in [3.05, 3.63) is 0 Å². The van der Waals surface area contributed by atoms with Crippen LogP contribution in [0, 0.1) is 5.92 Å². The third-order valence-corrected chi connectivity index (χ3v) is 5.86. The number of thioether (sulfide) groups is 1. The largest absolute Gasteiger partial charge is 0.368 e. The molecule has 2 aliphatic heterocycles. The van der Waals surface area contributed by atoms with Gasteiger partial charge in [-0.1, -0.05) is 13.8 Å². The number of amides is 1. The Labute approximate surface area is 120 Å². The predicted molar refractivity (Wildman–Crippen MR) is 79.5 cm³/mol. The quantitative estimate of drug-likeness (QED) is 0.850. The molecule has 4 nitrogen and oxygen atoms in total. The molecule has 0 spiro atoms. The van der Waals surface area contributed by atoms with Crippen LogP contribution in [0.5, 0.6) is 0 Å². The van der Waals surface area contributed by atoms with Gasteiger partial charge in [-0.15, -0.1) is 0 Å². The third-order valence-electron chi connectivity index (χ3n) is 4.32. The van der Waals surface area contributed by atoms with Crippen molar-refractivity contribution in [3.63, 3.8) is 0 Å². The van der Waals surface area contributed by atoms with Gasteiger partial charge in [0.15, 0.2) is 0 Å². The van der Waals surface area contributed by atoms with E-state index < -0.39 is 5.60 Å². The van der Waals surface area contributed by atoms with Gasteiger partial charge in [-0.25, -0.2) is 0 Å². The highest BCUT2D eigenvalue weighted by molar-refractivity contribution is 8.00. The molecule has 2 fully saturated rings. The van der Waals surface area contributed by atoms with Crippen LogP contribution >= 0.6 is 11.8 Å². The molecule has 2 saturated heterocycles. The first-order valence-electron chi connectivity index (χ1n) is 7.26. The van der Waals surface area contributed by atoms with Crippen molar-refractivity contribution in [3.8, 4) is 0 Å². The van der Waals surface area contributed by atoms with E-state index in [1.165, 1.54) is 0 Å². The highest BCUT2D eigenvalue weighted by atomic mass is 32.2. The van der Waals surface area contributed by atoms with Gasteiger partial charge in [-0.05, 0) is 31.8 Å². The van der Waals surface area contributed by atoms with E-state index >= 15 is 0 Å². The maximum atomic E-state index is 12.8. The monoisotopic (exact) mass is 286 g/mol. The SMILES string of the molecule is COC1(C(=O)N2CCSC(C(C)C)C2)CCNCC1. The zero-order valence-electron chi connectivity index (χ0n) is 12.3. The van der Waals surface area contributed by atoms with Gasteiger partial charge in [0, 0.05) is 31.2 Å². The smallest absolute Gasteiger partial charge is 0.254 e. The third kappa shape index (κ3) is 3.26. The van der Waals surface area contributed by atoms with Crippen LogP contribution in [0.3, 0.4) is 0 Å². The van der Waals surface area contributed by atoms with Gasteiger partial charge in [0.1, 0.15) is 5.60 Å². The highest BCUT2D eigenvalue weighted by Crippen LogP contribution is 2.30. The van der Waals surface area contributed by atoms with Gasteiger partial charge in [-0.2, -0.15) is 11.8 Å². The summed E-state index contributed by atoms with van der Waals surface area (Å²) in [7, 11) is 1.68. The molecule has 1 unspecified atom stereocenters. The fourth-order valence-electron chi connectivity index (χ4n) is 2.89. The van der Waals surface area contributed by atoms with Crippen LogP contribution in [0.2, 0.25) is 0 Å². The number of hydrogen-bond donors (Lipinski definition) is 1. The zero-order chi connectivity index (χ0) is 13.9. The molecule has 0 aromatic carbocycles. The minimum atomic E-state index is -0.575. The Morgan fingerprint density at radius 3 is 2.68 bits per heavy atom. The number of methoxy groups -OCH3 is 1. The summed E-state index contributed by atoms with van der Waals surface area (Å²) in [6.45, 7) is 7.96. The number of ether oxygens (including phenoxy) is 1. The minimum absolute atomic E-state index is 0.211. The van der Waals surface area contributed by atoms with E-state index in [1.54, 1.807) is 7.11 Å². The molecular formula is C14H26N2O2S. The first kappa shape index (κ1) is 15.1. The Kier molecular flexibility index (Phi) is 5.15. The average molecular weight is 286 g/mol. The fraction of sp³-hybridized carbons (Fsp3) is 0.929. The van der Waals surface area contributed by atoms with Crippen molar-refractivity contribution in [2.75, 3.05) is 39.0 Å². The number of nitrogens with zero attached hydrogens (tertiary/aromatic N) is 1. The summed E-state index contributed by atoms with van der Waals surface area (Å²) in [6.07, 6.45) is 1.58. The summed E-state index contributed by atoms with van der Waals surface area (Å²) >= 11 is 2.00. The van der Waals surface area contributed by atoms with Crippen LogP contribution in [0.25, 0.3) is 0 Å². The van der Waals surface area contributed by atoms with Gasteiger partial charge < -0.3 is 15.0 Å². The Morgan fingerprint density at radius 1 is 1.42 bits per heavy atom. The number of hydrogen-bond acceptors (Lipinski definition) is 4. The van der Waals surface area contributed by atoms with Gasteiger partial charge >= 0.3 is 0 Å². The predicted octanol–water partition coefficient (Wildman–Crippen LogP) is 1.36. The summed E-state index contributed by atoms with van der Waals surface area (Å²) < 4.78 is 5.65. The molecular weight excluding hydrogens is 260 g/mol. The maximum absolute atomic E-state index is 12.8. The van der Waals surface area contributed by atoms with E-state index in [-0.39, 0.29) is 5.91 Å². The number of piperidine rings is 1.